The Morgan fingerprint density at radius 3 is 2.24 bits per heavy atom. The van der Waals surface area contributed by atoms with Gasteiger partial charge in [0.05, 0.1) is 14.2 Å². The monoisotopic (exact) mass is 285 g/mol. The summed E-state index contributed by atoms with van der Waals surface area (Å²) in [6.45, 7) is 2.34. The number of carbonyl (C=O) groups excluding carboxylic acids is 1. The van der Waals surface area contributed by atoms with Crippen molar-refractivity contribution >= 4 is 5.91 Å². The lowest BCUT2D eigenvalue weighted by atomic mass is 10.1. The molecule has 0 aliphatic rings. The first-order valence-corrected chi connectivity index (χ1v) is 6.70. The minimum atomic E-state index is -0.0881. The molecule has 1 amide bonds. The van der Waals surface area contributed by atoms with Crippen molar-refractivity contribution in [3.8, 4) is 11.5 Å². The summed E-state index contributed by atoms with van der Waals surface area (Å²) in [5, 5.41) is 2.91. The summed E-state index contributed by atoms with van der Waals surface area (Å²) < 4.78 is 10.4. The molecule has 0 bridgehead atoms. The van der Waals surface area contributed by atoms with Gasteiger partial charge in [0.15, 0.2) is 0 Å². The Labute approximate surface area is 124 Å². The van der Waals surface area contributed by atoms with Gasteiger partial charge >= 0.3 is 0 Å². The lowest BCUT2D eigenvalue weighted by Crippen LogP contribution is -2.23. The topological polar surface area (TPSA) is 47.6 Å². The van der Waals surface area contributed by atoms with Gasteiger partial charge in [0, 0.05) is 18.2 Å². The van der Waals surface area contributed by atoms with Crippen molar-refractivity contribution in [1.82, 2.24) is 5.32 Å². The van der Waals surface area contributed by atoms with Gasteiger partial charge in [-0.25, -0.2) is 0 Å². The van der Waals surface area contributed by atoms with Crippen LogP contribution in [0, 0.1) is 6.92 Å². The van der Waals surface area contributed by atoms with Crippen molar-refractivity contribution in [1.29, 1.82) is 0 Å². The number of benzene rings is 2. The van der Waals surface area contributed by atoms with E-state index in [1.165, 1.54) is 0 Å². The first-order chi connectivity index (χ1) is 10.1. The molecule has 0 aliphatic carbocycles. The molecule has 0 spiro atoms. The Bertz CT molecular complexity index is 615. The quantitative estimate of drug-likeness (QED) is 0.918. The smallest absolute Gasteiger partial charge is 0.251 e. The maximum Gasteiger partial charge on any atom is 0.251 e. The molecule has 0 saturated heterocycles. The van der Waals surface area contributed by atoms with Gasteiger partial charge in [0.1, 0.15) is 11.5 Å². The van der Waals surface area contributed by atoms with Crippen LogP contribution in [0.5, 0.6) is 11.5 Å². The molecule has 2 aromatic rings. The Morgan fingerprint density at radius 1 is 1.05 bits per heavy atom. The third-order valence-electron chi connectivity index (χ3n) is 3.25. The number of carbonyl (C=O) groups is 1. The summed E-state index contributed by atoms with van der Waals surface area (Å²) in [6, 6.07) is 13.1. The highest BCUT2D eigenvalue weighted by molar-refractivity contribution is 5.95. The van der Waals surface area contributed by atoms with E-state index in [0.717, 1.165) is 11.1 Å². The molecule has 0 radical (unpaired) electrons. The van der Waals surface area contributed by atoms with E-state index in [2.05, 4.69) is 5.32 Å². The third-order valence-corrected chi connectivity index (χ3v) is 3.25. The van der Waals surface area contributed by atoms with E-state index in [-0.39, 0.29) is 5.91 Å². The van der Waals surface area contributed by atoms with Crippen LogP contribution in [0.1, 0.15) is 21.5 Å². The van der Waals surface area contributed by atoms with Crippen molar-refractivity contribution in [2.75, 3.05) is 14.2 Å². The second-order valence-electron chi connectivity index (χ2n) is 4.72. The van der Waals surface area contributed by atoms with Crippen molar-refractivity contribution in [2.24, 2.45) is 0 Å². The Kier molecular flexibility index (Phi) is 4.82. The van der Waals surface area contributed by atoms with Gasteiger partial charge in [-0.3, -0.25) is 4.79 Å². The molecule has 4 nitrogen and oxygen atoms in total. The van der Waals surface area contributed by atoms with E-state index in [0.29, 0.717) is 23.6 Å². The number of ether oxygens (including phenoxy) is 2. The molecule has 4 heteroatoms. The van der Waals surface area contributed by atoms with Gasteiger partial charge in [0.2, 0.25) is 0 Å². The number of rotatable bonds is 5. The SMILES string of the molecule is COc1cc(CNC(=O)c2ccccc2C)cc(OC)c1. The van der Waals surface area contributed by atoms with Gasteiger partial charge in [0.25, 0.3) is 5.91 Å². The van der Waals surface area contributed by atoms with Crippen LogP contribution in [0.4, 0.5) is 0 Å². The van der Waals surface area contributed by atoms with Crippen LogP contribution in [0.3, 0.4) is 0 Å². The van der Waals surface area contributed by atoms with Crippen LogP contribution in [0.2, 0.25) is 0 Å². The molecular weight excluding hydrogens is 266 g/mol. The summed E-state index contributed by atoms with van der Waals surface area (Å²) in [4.78, 5) is 12.2. The highest BCUT2D eigenvalue weighted by Gasteiger charge is 2.08. The number of nitrogens with one attached hydrogen (secondary N) is 1. The second kappa shape index (κ2) is 6.79. The third kappa shape index (κ3) is 3.75. The van der Waals surface area contributed by atoms with Crippen LogP contribution in [0.25, 0.3) is 0 Å². The van der Waals surface area contributed by atoms with Gasteiger partial charge in [-0.05, 0) is 36.2 Å². The van der Waals surface area contributed by atoms with E-state index < -0.39 is 0 Å². The largest absolute Gasteiger partial charge is 0.497 e. The zero-order chi connectivity index (χ0) is 15.2. The van der Waals surface area contributed by atoms with E-state index in [1.807, 2.05) is 43.3 Å². The Balaban J connectivity index is 2.09. The van der Waals surface area contributed by atoms with Gasteiger partial charge < -0.3 is 14.8 Å². The van der Waals surface area contributed by atoms with Crippen molar-refractivity contribution in [3.63, 3.8) is 0 Å². The zero-order valence-electron chi connectivity index (χ0n) is 12.5. The summed E-state index contributed by atoms with van der Waals surface area (Å²) in [5.41, 5.74) is 2.57. The summed E-state index contributed by atoms with van der Waals surface area (Å²) >= 11 is 0. The van der Waals surface area contributed by atoms with E-state index in [1.54, 1.807) is 20.3 Å². The molecule has 0 aromatic heterocycles. The minimum Gasteiger partial charge on any atom is -0.497 e. The van der Waals surface area contributed by atoms with Crippen LogP contribution >= 0.6 is 0 Å². The van der Waals surface area contributed by atoms with E-state index >= 15 is 0 Å². The maximum absolute atomic E-state index is 12.2. The molecule has 0 saturated carbocycles. The van der Waals surface area contributed by atoms with Gasteiger partial charge in [-0.2, -0.15) is 0 Å². The van der Waals surface area contributed by atoms with Crippen molar-refractivity contribution < 1.29 is 14.3 Å². The molecule has 0 heterocycles. The lowest BCUT2D eigenvalue weighted by Gasteiger charge is -2.10. The fourth-order valence-electron chi connectivity index (χ4n) is 2.07. The van der Waals surface area contributed by atoms with Crippen LogP contribution in [0.15, 0.2) is 42.5 Å². The fourth-order valence-corrected chi connectivity index (χ4v) is 2.07. The van der Waals surface area contributed by atoms with Crippen LogP contribution < -0.4 is 14.8 Å². The summed E-state index contributed by atoms with van der Waals surface area (Å²) in [5.74, 6) is 1.32. The number of aryl methyl sites for hydroxylation is 1. The molecule has 0 atom stereocenters. The maximum atomic E-state index is 12.2. The van der Waals surface area contributed by atoms with Crippen LogP contribution in [-0.2, 0) is 6.54 Å². The van der Waals surface area contributed by atoms with E-state index in [9.17, 15) is 4.79 Å². The fraction of sp³-hybridized carbons (Fsp3) is 0.235. The Morgan fingerprint density at radius 2 is 1.67 bits per heavy atom. The molecule has 0 unspecified atom stereocenters. The molecule has 2 rings (SSSR count). The highest BCUT2D eigenvalue weighted by atomic mass is 16.5. The first-order valence-electron chi connectivity index (χ1n) is 6.70. The number of hydrogen-bond acceptors (Lipinski definition) is 3. The predicted octanol–water partition coefficient (Wildman–Crippen LogP) is 2.94. The lowest BCUT2D eigenvalue weighted by molar-refractivity contribution is 0.0950. The summed E-state index contributed by atoms with van der Waals surface area (Å²) in [7, 11) is 3.20. The van der Waals surface area contributed by atoms with Gasteiger partial charge in [-0.15, -0.1) is 0 Å². The van der Waals surface area contributed by atoms with Crippen molar-refractivity contribution in [3.05, 3.63) is 59.2 Å². The Hall–Kier alpha value is -2.49. The molecule has 21 heavy (non-hydrogen) atoms. The number of amides is 1. The minimum absolute atomic E-state index is 0.0881. The normalized spacial score (nSPS) is 10.0. The van der Waals surface area contributed by atoms with Crippen LogP contribution in [-0.4, -0.2) is 20.1 Å². The number of methoxy groups -OCH3 is 2. The van der Waals surface area contributed by atoms with Gasteiger partial charge in [-0.1, -0.05) is 18.2 Å². The molecule has 0 fully saturated rings. The average Bonchev–Trinajstić information content (AvgIpc) is 2.52. The summed E-state index contributed by atoms with van der Waals surface area (Å²) in [6.07, 6.45) is 0. The average molecular weight is 285 g/mol. The molecule has 0 aliphatic heterocycles. The number of hydrogen-bond donors (Lipinski definition) is 1. The molecule has 110 valence electrons. The highest BCUT2D eigenvalue weighted by Crippen LogP contribution is 2.22. The first kappa shape index (κ1) is 14.9. The predicted molar refractivity (Wildman–Crippen MR) is 81.9 cm³/mol. The second-order valence-corrected chi connectivity index (χ2v) is 4.72. The van der Waals surface area contributed by atoms with Crippen molar-refractivity contribution in [2.45, 2.75) is 13.5 Å². The molecule has 2 aromatic carbocycles. The standard InChI is InChI=1S/C17H19NO3/c1-12-6-4-5-7-16(12)17(19)18-11-13-8-14(20-2)10-15(9-13)21-3/h4-10H,11H2,1-3H3,(H,18,19). The molecule has 1 N–H and O–H groups in total. The molecular formula is C17H19NO3. The zero-order valence-corrected chi connectivity index (χ0v) is 12.5. The van der Waals surface area contributed by atoms with E-state index in [4.69, 9.17) is 9.47 Å².